The van der Waals surface area contributed by atoms with E-state index in [2.05, 4.69) is 10.5 Å². The Bertz CT molecular complexity index is 532. The molecule has 0 bridgehead atoms. The third-order valence-corrected chi connectivity index (χ3v) is 2.98. The Morgan fingerprint density at radius 1 is 1.35 bits per heavy atom. The van der Waals surface area contributed by atoms with Crippen molar-refractivity contribution in [3.63, 3.8) is 0 Å². The first kappa shape index (κ1) is 13.6. The van der Waals surface area contributed by atoms with Gasteiger partial charge in [-0.25, -0.2) is 0 Å². The molecule has 0 aliphatic carbocycles. The molecule has 1 aromatic carbocycles. The summed E-state index contributed by atoms with van der Waals surface area (Å²) in [6.45, 7) is 0. The lowest BCUT2D eigenvalue weighted by Gasteiger charge is -2.06. The summed E-state index contributed by atoms with van der Waals surface area (Å²) in [5, 5.41) is 19.9. The monoisotopic (exact) mass is 289 g/mol. The van der Waals surface area contributed by atoms with Gasteiger partial charge in [0.1, 0.15) is 6.07 Å². The fourth-order valence-electron chi connectivity index (χ4n) is 0.874. The minimum absolute atomic E-state index is 0.170. The minimum Gasteiger partial charge on any atom is -0.382 e. The maximum absolute atomic E-state index is 8.62. The number of nitrogens with zero attached hydrogens (tertiary/aromatic N) is 2. The number of nitrogens with one attached hydrogen (secondary N) is 2. The van der Waals surface area contributed by atoms with Gasteiger partial charge in [-0.3, -0.25) is 10.8 Å². The largest absolute Gasteiger partial charge is 0.382 e. The molecule has 17 heavy (non-hydrogen) atoms. The zero-order valence-corrected chi connectivity index (χ0v) is 10.5. The molecule has 4 N–H and O–H groups in total. The zero-order valence-electron chi connectivity index (χ0n) is 8.26. The number of rotatable bonds is 3. The third-order valence-electron chi connectivity index (χ3n) is 1.68. The molecule has 0 heterocycles. The molecule has 0 saturated heterocycles. The molecule has 0 aliphatic rings. The molecule has 0 aliphatic heterocycles. The number of nitriles is 1. The molecule has 0 spiro atoms. The van der Waals surface area contributed by atoms with Crippen molar-refractivity contribution in [2.24, 2.45) is 10.8 Å². The normalized spacial score (nSPS) is 10.8. The highest BCUT2D eigenvalue weighted by Crippen LogP contribution is 2.35. The van der Waals surface area contributed by atoms with Crippen LogP contribution in [0.15, 0.2) is 17.2 Å². The minimum atomic E-state index is -0.448. The molecule has 0 aromatic heterocycles. The van der Waals surface area contributed by atoms with Gasteiger partial charge in [0, 0.05) is 0 Å². The number of hydrogen-bond acceptors (Lipinski definition) is 4. The van der Waals surface area contributed by atoms with E-state index in [0.717, 1.165) is 0 Å². The summed E-state index contributed by atoms with van der Waals surface area (Å²) in [6.07, 6.45) is 0. The smallest absolute Gasteiger partial charge is 0.201 e. The maximum Gasteiger partial charge on any atom is 0.201 e. The molecule has 1 rings (SSSR count). The molecule has 0 fully saturated rings. The highest BCUT2D eigenvalue weighted by molar-refractivity contribution is 6.49. The number of amidine groups is 1. The lowest BCUT2D eigenvalue weighted by Crippen LogP contribution is -2.21. The molecule has 0 saturated carbocycles. The Morgan fingerprint density at radius 2 is 2.00 bits per heavy atom. The van der Waals surface area contributed by atoms with E-state index in [4.69, 9.17) is 51.2 Å². The van der Waals surface area contributed by atoms with E-state index in [9.17, 15) is 0 Å². The Hall–Kier alpha value is -1.48. The van der Waals surface area contributed by atoms with Gasteiger partial charge in [-0.05, 0) is 12.1 Å². The molecule has 5 nitrogen and oxygen atoms in total. The molecule has 1 aromatic rings. The van der Waals surface area contributed by atoms with Gasteiger partial charge in [-0.1, -0.05) is 34.8 Å². The SMILES string of the molecule is N#C/C(=N\Nc1ccc(Cl)c(Cl)c1Cl)C(=N)N. The molecule has 88 valence electrons. The predicted octanol–water partition coefficient (Wildman–Crippen LogP) is 2.87. The van der Waals surface area contributed by atoms with Crippen LogP contribution in [0.5, 0.6) is 0 Å². The predicted molar refractivity (Wildman–Crippen MR) is 70.1 cm³/mol. The van der Waals surface area contributed by atoms with Crippen LogP contribution >= 0.6 is 34.8 Å². The summed E-state index contributed by atoms with van der Waals surface area (Å²) in [4.78, 5) is 0. The molecule has 8 heteroatoms. The Kier molecular flexibility index (Phi) is 4.58. The third kappa shape index (κ3) is 3.24. The second-order valence-corrected chi connectivity index (χ2v) is 3.98. The maximum atomic E-state index is 8.62. The van der Waals surface area contributed by atoms with Gasteiger partial charge >= 0.3 is 0 Å². The summed E-state index contributed by atoms with van der Waals surface area (Å²) in [5.41, 5.74) is 7.70. The Labute approximate surface area is 112 Å². The summed E-state index contributed by atoms with van der Waals surface area (Å²) < 4.78 is 0. The van der Waals surface area contributed by atoms with Crippen molar-refractivity contribution in [2.45, 2.75) is 0 Å². The van der Waals surface area contributed by atoms with E-state index < -0.39 is 5.84 Å². The van der Waals surface area contributed by atoms with Gasteiger partial charge in [0.05, 0.1) is 20.8 Å². The number of anilines is 1. The summed E-state index contributed by atoms with van der Waals surface area (Å²) in [5.74, 6) is -0.448. The molecule has 0 atom stereocenters. The van der Waals surface area contributed by atoms with Gasteiger partial charge in [-0.2, -0.15) is 10.4 Å². The molecule has 0 unspecified atom stereocenters. The second kappa shape index (κ2) is 5.73. The van der Waals surface area contributed by atoms with Crippen LogP contribution in [0.3, 0.4) is 0 Å². The van der Waals surface area contributed by atoms with Gasteiger partial charge in [-0.15, -0.1) is 0 Å². The Morgan fingerprint density at radius 3 is 2.53 bits per heavy atom. The van der Waals surface area contributed by atoms with Crippen molar-refractivity contribution < 1.29 is 0 Å². The number of hydrazone groups is 1. The lowest BCUT2D eigenvalue weighted by atomic mass is 10.3. The van der Waals surface area contributed by atoms with Gasteiger partial charge in [0.2, 0.25) is 5.71 Å². The van der Waals surface area contributed by atoms with Crippen molar-refractivity contribution in [1.29, 1.82) is 10.7 Å². The highest BCUT2D eigenvalue weighted by atomic mass is 35.5. The number of halogens is 3. The van der Waals surface area contributed by atoms with Crippen molar-refractivity contribution in [3.05, 3.63) is 27.2 Å². The molecule has 0 radical (unpaired) electrons. The topological polar surface area (TPSA) is 98.0 Å². The highest BCUT2D eigenvalue weighted by Gasteiger charge is 2.08. The van der Waals surface area contributed by atoms with Crippen LogP contribution in [-0.4, -0.2) is 11.5 Å². The molecule has 0 amide bonds. The van der Waals surface area contributed by atoms with E-state index in [1.807, 2.05) is 0 Å². The van der Waals surface area contributed by atoms with E-state index in [1.54, 1.807) is 6.07 Å². The van der Waals surface area contributed by atoms with Crippen molar-refractivity contribution in [2.75, 3.05) is 5.43 Å². The number of hydrogen-bond donors (Lipinski definition) is 3. The van der Waals surface area contributed by atoms with E-state index in [1.165, 1.54) is 12.1 Å². The average molecular weight is 291 g/mol. The zero-order chi connectivity index (χ0) is 13.0. The first-order chi connectivity index (χ1) is 7.97. The van der Waals surface area contributed by atoms with Gasteiger partial charge in [0.25, 0.3) is 0 Å². The lowest BCUT2D eigenvalue weighted by molar-refractivity contribution is 1.33. The van der Waals surface area contributed by atoms with Crippen LogP contribution in [0.4, 0.5) is 5.69 Å². The summed E-state index contributed by atoms with van der Waals surface area (Å²) >= 11 is 17.4. The van der Waals surface area contributed by atoms with Crippen LogP contribution in [0.1, 0.15) is 0 Å². The van der Waals surface area contributed by atoms with Crippen molar-refractivity contribution in [3.8, 4) is 6.07 Å². The quantitative estimate of drug-likeness (QED) is 0.345. The fourth-order valence-corrected chi connectivity index (χ4v) is 1.45. The number of benzene rings is 1. The molecular weight excluding hydrogens is 284 g/mol. The summed E-state index contributed by atoms with van der Waals surface area (Å²) in [7, 11) is 0. The first-order valence-corrected chi connectivity index (χ1v) is 5.32. The van der Waals surface area contributed by atoms with E-state index >= 15 is 0 Å². The van der Waals surface area contributed by atoms with E-state index in [0.29, 0.717) is 10.7 Å². The fraction of sp³-hybridized carbons (Fsp3) is 0. The van der Waals surface area contributed by atoms with Gasteiger partial charge < -0.3 is 5.73 Å². The van der Waals surface area contributed by atoms with Gasteiger partial charge in [0.15, 0.2) is 5.84 Å². The molecular formula is C9H6Cl3N5. The first-order valence-electron chi connectivity index (χ1n) is 4.19. The average Bonchev–Trinajstić information content (AvgIpc) is 2.29. The Balaban J connectivity index is 3.02. The van der Waals surface area contributed by atoms with Crippen LogP contribution < -0.4 is 11.2 Å². The van der Waals surface area contributed by atoms with Crippen molar-refractivity contribution in [1.82, 2.24) is 0 Å². The van der Waals surface area contributed by atoms with Crippen LogP contribution in [-0.2, 0) is 0 Å². The standard InChI is InChI=1S/C9H6Cl3N5/c10-4-1-2-5(8(12)7(4)11)16-17-6(3-13)9(14)15/h1-2,16H,(H3,14,15)/b17-6+. The van der Waals surface area contributed by atoms with E-state index in [-0.39, 0.29) is 15.8 Å². The van der Waals surface area contributed by atoms with Crippen LogP contribution in [0.2, 0.25) is 15.1 Å². The van der Waals surface area contributed by atoms with Crippen LogP contribution in [0.25, 0.3) is 0 Å². The number of nitrogens with two attached hydrogens (primary N) is 1. The second-order valence-electron chi connectivity index (χ2n) is 2.82. The van der Waals surface area contributed by atoms with Crippen LogP contribution in [0, 0.1) is 16.7 Å². The van der Waals surface area contributed by atoms with Crippen molar-refractivity contribution >= 4 is 52.0 Å². The summed E-state index contributed by atoms with van der Waals surface area (Å²) in [6, 6.07) is 4.71.